The molecule has 8 nitrogen and oxygen atoms in total. The highest BCUT2D eigenvalue weighted by Gasteiger charge is 2.33. The van der Waals surface area contributed by atoms with Crippen molar-refractivity contribution in [3.63, 3.8) is 0 Å². The zero-order valence-corrected chi connectivity index (χ0v) is 15.9. The van der Waals surface area contributed by atoms with E-state index in [1.54, 1.807) is 0 Å². The van der Waals surface area contributed by atoms with Crippen molar-refractivity contribution in [2.24, 2.45) is 22.6 Å². The smallest absolute Gasteiger partial charge is 0.329 e. The number of phosphoric acid groups is 1. The zero-order valence-electron chi connectivity index (χ0n) is 15.0. The fourth-order valence-electron chi connectivity index (χ4n) is 2.93. The van der Waals surface area contributed by atoms with Crippen LogP contribution in [0.3, 0.4) is 0 Å². The van der Waals surface area contributed by atoms with E-state index in [2.05, 4.69) is 13.8 Å². The first-order valence-corrected chi connectivity index (χ1v) is 10.2. The Morgan fingerprint density at radius 3 is 2.29 bits per heavy atom. The molecule has 1 saturated carbocycles. The van der Waals surface area contributed by atoms with Crippen molar-refractivity contribution >= 4 is 7.82 Å². The third-order valence-corrected chi connectivity index (χ3v) is 5.44. The molecule has 0 aromatic carbocycles. The van der Waals surface area contributed by atoms with Crippen molar-refractivity contribution in [3.05, 3.63) is 0 Å². The van der Waals surface area contributed by atoms with E-state index >= 15 is 0 Å². The van der Waals surface area contributed by atoms with Gasteiger partial charge < -0.3 is 22.1 Å². The molecule has 0 radical (unpaired) electrons. The highest BCUT2D eigenvalue weighted by atomic mass is 31.2. The molecule has 0 aromatic rings. The van der Waals surface area contributed by atoms with Gasteiger partial charge in [-0.2, -0.15) is 0 Å². The molecule has 1 aliphatic rings. The molecule has 1 aliphatic carbocycles. The van der Waals surface area contributed by atoms with E-state index in [1.807, 2.05) is 4.90 Å². The summed E-state index contributed by atoms with van der Waals surface area (Å²) in [6.45, 7) is 7.23. The number of nitrogens with two attached hydrogens (primary N) is 3. The Morgan fingerprint density at radius 1 is 1.25 bits per heavy atom. The van der Waals surface area contributed by atoms with Crippen LogP contribution in [0.5, 0.6) is 0 Å². The lowest BCUT2D eigenvalue weighted by atomic mass is 9.76. The van der Waals surface area contributed by atoms with Gasteiger partial charge in [-0.05, 0) is 31.1 Å². The largest absolute Gasteiger partial charge is 0.472 e. The van der Waals surface area contributed by atoms with Crippen molar-refractivity contribution in [2.75, 3.05) is 39.3 Å². The molecule has 1 rings (SSSR count). The monoisotopic (exact) mass is 366 g/mol. The van der Waals surface area contributed by atoms with Gasteiger partial charge in [-0.25, -0.2) is 4.57 Å². The van der Waals surface area contributed by atoms with E-state index in [0.29, 0.717) is 32.7 Å². The highest BCUT2D eigenvalue weighted by Crippen LogP contribution is 2.48. The molecule has 0 bridgehead atoms. The fraction of sp³-hybridized carbons (Fsp3) is 1.00. The van der Waals surface area contributed by atoms with Crippen LogP contribution in [-0.2, 0) is 13.6 Å². The summed E-state index contributed by atoms with van der Waals surface area (Å²) in [4.78, 5) is 11.9. The molecule has 1 fully saturated rings. The van der Waals surface area contributed by atoms with Crippen LogP contribution in [0.15, 0.2) is 0 Å². The Bertz CT molecular complexity index is 395. The maximum atomic E-state index is 12.1. The van der Waals surface area contributed by atoms with Crippen LogP contribution in [-0.4, -0.2) is 61.3 Å². The third-order valence-electron chi connectivity index (χ3n) is 4.40. The summed E-state index contributed by atoms with van der Waals surface area (Å²) in [5, 5.41) is 0. The normalized spacial score (nSPS) is 22.5. The van der Waals surface area contributed by atoms with E-state index in [1.165, 1.54) is 0 Å². The molecule has 2 atom stereocenters. The van der Waals surface area contributed by atoms with E-state index in [0.717, 1.165) is 25.7 Å². The minimum absolute atomic E-state index is 0.0440. The van der Waals surface area contributed by atoms with Gasteiger partial charge >= 0.3 is 7.82 Å². The standard InChI is InChI=1S/C15H35N4O4P/c1-15(2)5-3-14(4-6-15)23-24(20,21)22-12-13(18)11-19(9-7-16)10-8-17/h13-14H,3-12,16-18H2,1-2H3,(H,20,21)/t13-/m1/s1. The molecule has 9 heteroatoms. The Labute approximate surface area is 145 Å². The molecule has 0 aromatic heterocycles. The van der Waals surface area contributed by atoms with Crippen molar-refractivity contribution in [2.45, 2.75) is 51.7 Å². The molecule has 24 heavy (non-hydrogen) atoms. The molecule has 0 amide bonds. The molecule has 0 aliphatic heterocycles. The summed E-state index contributed by atoms with van der Waals surface area (Å²) >= 11 is 0. The van der Waals surface area contributed by atoms with Crippen molar-refractivity contribution < 1.29 is 18.5 Å². The molecule has 144 valence electrons. The second kappa shape index (κ2) is 10.2. The van der Waals surface area contributed by atoms with E-state index in [4.69, 9.17) is 26.2 Å². The summed E-state index contributed by atoms with van der Waals surface area (Å²) in [7, 11) is -4.08. The Balaban J connectivity index is 2.34. The van der Waals surface area contributed by atoms with Crippen molar-refractivity contribution in [3.8, 4) is 0 Å². The van der Waals surface area contributed by atoms with E-state index < -0.39 is 13.9 Å². The summed E-state index contributed by atoms with van der Waals surface area (Å²) < 4.78 is 22.5. The average molecular weight is 366 g/mol. The molecule has 1 unspecified atom stereocenters. The SMILES string of the molecule is CC1(C)CCC(OP(=O)(O)OC[C@H](N)CN(CCN)CCN)CC1. The second-order valence-electron chi connectivity index (χ2n) is 7.37. The average Bonchev–Trinajstić information content (AvgIpc) is 2.48. The van der Waals surface area contributed by atoms with Crippen LogP contribution in [0, 0.1) is 5.41 Å². The predicted octanol–water partition coefficient (Wildman–Crippen LogP) is 0.636. The number of nitrogens with zero attached hydrogens (tertiary/aromatic N) is 1. The number of phosphoric ester groups is 1. The lowest BCUT2D eigenvalue weighted by molar-refractivity contribution is 0.0522. The van der Waals surface area contributed by atoms with Crippen molar-refractivity contribution in [1.29, 1.82) is 0 Å². The van der Waals surface area contributed by atoms with Crippen LogP contribution >= 0.6 is 7.82 Å². The van der Waals surface area contributed by atoms with Crippen LogP contribution < -0.4 is 17.2 Å². The Morgan fingerprint density at radius 2 is 1.79 bits per heavy atom. The third kappa shape index (κ3) is 8.87. The summed E-state index contributed by atoms with van der Waals surface area (Å²) in [6.07, 6.45) is 3.27. The Kier molecular flexibility index (Phi) is 9.33. The van der Waals surface area contributed by atoms with Gasteiger partial charge in [0.1, 0.15) is 0 Å². The van der Waals surface area contributed by atoms with Gasteiger partial charge in [0.15, 0.2) is 0 Å². The van der Waals surface area contributed by atoms with Crippen molar-refractivity contribution in [1.82, 2.24) is 4.90 Å². The molecule has 0 heterocycles. The van der Waals surface area contributed by atoms with E-state index in [-0.39, 0.29) is 18.1 Å². The van der Waals surface area contributed by atoms with Gasteiger partial charge in [0.05, 0.1) is 12.7 Å². The summed E-state index contributed by atoms with van der Waals surface area (Å²) in [5.41, 5.74) is 17.3. The topological polar surface area (TPSA) is 137 Å². The highest BCUT2D eigenvalue weighted by molar-refractivity contribution is 7.47. The van der Waals surface area contributed by atoms with Gasteiger partial charge in [-0.15, -0.1) is 0 Å². The molecular weight excluding hydrogens is 331 g/mol. The lowest BCUT2D eigenvalue weighted by Crippen LogP contribution is -2.44. The van der Waals surface area contributed by atoms with Crippen LogP contribution in [0.4, 0.5) is 0 Å². The number of hydrogen-bond donors (Lipinski definition) is 4. The zero-order chi connectivity index (χ0) is 18.2. The van der Waals surface area contributed by atoms with Gasteiger partial charge in [0.2, 0.25) is 0 Å². The van der Waals surface area contributed by atoms with Gasteiger partial charge in [-0.3, -0.25) is 13.9 Å². The van der Waals surface area contributed by atoms with Gasteiger partial charge in [-0.1, -0.05) is 13.8 Å². The fourth-order valence-corrected chi connectivity index (χ4v) is 3.96. The lowest BCUT2D eigenvalue weighted by Gasteiger charge is -2.34. The number of hydrogen-bond acceptors (Lipinski definition) is 7. The number of rotatable bonds is 11. The second-order valence-corrected chi connectivity index (χ2v) is 8.78. The summed E-state index contributed by atoms with van der Waals surface area (Å²) in [5.74, 6) is 0. The molecular formula is C15H35N4O4P. The van der Waals surface area contributed by atoms with Crippen LogP contribution in [0.1, 0.15) is 39.5 Å². The predicted molar refractivity (Wildman–Crippen MR) is 95.4 cm³/mol. The first kappa shape index (κ1) is 22.0. The van der Waals surface area contributed by atoms with E-state index in [9.17, 15) is 9.46 Å². The van der Waals surface area contributed by atoms with Crippen LogP contribution in [0.25, 0.3) is 0 Å². The first-order valence-electron chi connectivity index (χ1n) is 8.71. The van der Waals surface area contributed by atoms with Gasteiger partial charge in [0.25, 0.3) is 0 Å². The van der Waals surface area contributed by atoms with Gasteiger partial charge in [0, 0.05) is 38.8 Å². The first-order chi connectivity index (χ1) is 11.2. The molecule has 0 spiro atoms. The summed E-state index contributed by atoms with van der Waals surface area (Å²) in [6, 6.07) is -0.405. The minimum Gasteiger partial charge on any atom is -0.329 e. The molecule has 7 N–H and O–H groups in total. The van der Waals surface area contributed by atoms with Crippen LogP contribution in [0.2, 0.25) is 0 Å². The maximum absolute atomic E-state index is 12.1. The Hall–Kier alpha value is -0.0500. The quantitative estimate of drug-likeness (QED) is 0.391. The maximum Gasteiger partial charge on any atom is 0.472 e. The molecule has 0 saturated heterocycles. The minimum atomic E-state index is -4.08.